The van der Waals surface area contributed by atoms with Gasteiger partial charge in [-0.2, -0.15) is 0 Å². The smallest absolute Gasteiger partial charge is 0.122 e. The van der Waals surface area contributed by atoms with Crippen LogP contribution in [-0.4, -0.2) is 20.2 Å². The minimum Gasteiger partial charge on any atom is -0.496 e. The van der Waals surface area contributed by atoms with E-state index in [2.05, 4.69) is 31.3 Å². The van der Waals surface area contributed by atoms with Crippen LogP contribution in [-0.2, 0) is 0 Å². The predicted molar refractivity (Wildman–Crippen MR) is 71.9 cm³/mol. The minimum atomic E-state index is 0.717. The first kappa shape index (κ1) is 12.4. The molecule has 1 unspecified atom stereocenters. The fourth-order valence-electron chi connectivity index (χ4n) is 2.81. The molecule has 0 aliphatic carbocycles. The van der Waals surface area contributed by atoms with Crippen LogP contribution in [0.2, 0.25) is 0 Å². The molecule has 1 saturated heterocycles. The summed E-state index contributed by atoms with van der Waals surface area (Å²) in [5.41, 5.74) is 4.23. The highest BCUT2D eigenvalue weighted by atomic mass is 16.5. The quantitative estimate of drug-likeness (QED) is 0.847. The third-order valence-electron chi connectivity index (χ3n) is 4.01. The summed E-state index contributed by atoms with van der Waals surface area (Å²) >= 11 is 0. The third-order valence-corrected chi connectivity index (χ3v) is 4.01. The highest BCUT2D eigenvalue weighted by Crippen LogP contribution is 2.33. The lowest BCUT2D eigenvalue weighted by Gasteiger charge is -2.19. The molecule has 0 saturated carbocycles. The largest absolute Gasteiger partial charge is 0.496 e. The summed E-state index contributed by atoms with van der Waals surface area (Å²) < 4.78 is 5.38. The molecule has 0 bridgehead atoms. The maximum atomic E-state index is 5.38. The molecule has 1 atom stereocenters. The molecule has 1 aliphatic rings. The summed E-state index contributed by atoms with van der Waals surface area (Å²) in [4.78, 5) is 0. The van der Waals surface area contributed by atoms with Gasteiger partial charge in [-0.3, -0.25) is 0 Å². The van der Waals surface area contributed by atoms with E-state index >= 15 is 0 Å². The first-order valence-electron chi connectivity index (χ1n) is 6.59. The zero-order valence-corrected chi connectivity index (χ0v) is 11.2. The van der Waals surface area contributed by atoms with E-state index in [4.69, 9.17) is 4.74 Å². The summed E-state index contributed by atoms with van der Waals surface area (Å²) in [7, 11) is 1.75. The molecule has 0 spiro atoms. The Balaban J connectivity index is 2.28. The van der Waals surface area contributed by atoms with Crippen LogP contribution in [0.15, 0.2) is 12.1 Å². The maximum Gasteiger partial charge on any atom is 0.122 e. The zero-order valence-electron chi connectivity index (χ0n) is 11.2. The fourth-order valence-corrected chi connectivity index (χ4v) is 2.81. The lowest BCUT2D eigenvalue weighted by atomic mass is 9.87. The molecule has 2 heteroatoms. The highest BCUT2D eigenvalue weighted by Gasteiger charge is 2.17. The first-order valence-corrected chi connectivity index (χ1v) is 6.59. The molecule has 2 rings (SSSR count). The molecule has 1 aliphatic heterocycles. The van der Waals surface area contributed by atoms with Crippen molar-refractivity contribution >= 4 is 0 Å². The fraction of sp³-hybridized carbons (Fsp3) is 0.600. The third kappa shape index (κ3) is 2.63. The lowest BCUT2D eigenvalue weighted by Crippen LogP contribution is -2.14. The van der Waals surface area contributed by atoms with E-state index in [-0.39, 0.29) is 0 Å². The maximum absolute atomic E-state index is 5.38. The molecular formula is C15H23NO. The van der Waals surface area contributed by atoms with Crippen LogP contribution in [0.25, 0.3) is 0 Å². The standard InChI is InChI=1S/C15H23NO/c1-11-12(2)15(17-3)7-6-14(11)13-5-4-9-16-10-8-13/h6-7,13,16H,4-5,8-10H2,1-3H3. The number of nitrogens with one attached hydrogen (secondary N) is 1. The Labute approximate surface area is 104 Å². The normalized spacial score (nSPS) is 21.0. The van der Waals surface area contributed by atoms with Gasteiger partial charge in [0.1, 0.15) is 5.75 Å². The van der Waals surface area contributed by atoms with E-state index in [1.165, 1.54) is 42.5 Å². The van der Waals surface area contributed by atoms with Crippen LogP contribution in [0, 0.1) is 13.8 Å². The van der Waals surface area contributed by atoms with Crippen LogP contribution in [0.1, 0.15) is 41.9 Å². The molecule has 2 nitrogen and oxygen atoms in total. The Hall–Kier alpha value is -1.02. The first-order chi connectivity index (χ1) is 8.24. The zero-order chi connectivity index (χ0) is 12.3. The Bertz CT molecular complexity index is 379. The van der Waals surface area contributed by atoms with Crippen molar-refractivity contribution in [3.05, 3.63) is 28.8 Å². The molecule has 1 heterocycles. The Morgan fingerprint density at radius 2 is 1.94 bits per heavy atom. The number of methoxy groups -OCH3 is 1. The monoisotopic (exact) mass is 233 g/mol. The SMILES string of the molecule is COc1ccc(C2CCCNCC2)c(C)c1C. The van der Waals surface area contributed by atoms with E-state index in [9.17, 15) is 0 Å². The van der Waals surface area contributed by atoms with Gasteiger partial charge >= 0.3 is 0 Å². The molecular weight excluding hydrogens is 210 g/mol. The van der Waals surface area contributed by atoms with Gasteiger partial charge in [-0.15, -0.1) is 0 Å². The van der Waals surface area contributed by atoms with E-state index in [1.54, 1.807) is 7.11 Å². The molecule has 0 aromatic heterocycles. The number of rotatable bonds is 2. The van der Waals surface area contributed by atoms with E-state index in [0.29, 0.717) is 0 Å². The molecule has 1 aromatic rings. The molecule has 0 radical (unpaired) electrons. The van der Waals surface area contributed by atoms with Crippen molar-refractivity contribution in [3.8, 4) is 5.75 Å². The molecule has 94 valence electrons. The average Bonchev–Trinajstić information content (AvgIpc) is 2.61. The topological polar surface area (TPSA) is 21.3 Å². The van der Waals surface area contributed by atoms with Gasteiger partial charge in [-0.05, 0) is 74.9 Å². The molecule has 1 fully saturated rings. The molecule has 17 heavy (non-hydrogen) atoms. The number of hydrogen-bond donors (Lipinski definition) is 1. The summed E-state index contributed by atoms with van der Waals surface area (Å²) in [6.07, 6.45) is 3.85. The highest BCUT2D eigenvalue weighted by molar-refractivity contribution is 5.45. The summed E-state index contributed by atoms with van der Waals surface area (Å²) in [6, 6.07) is 4.38. The van der Waals surface area contributed by atoms with Crippen LogP contribution >= 0.6 is 0 Å². The van der Waals surface area contributed by atoms with E-state index in [0.717, 1.165) is 18.2 Å². The van der Waals surface area contributed by atoms with Gasteiger partial charge in [0.15, 0.2) is 0 Å². The summed E-state index contributed by atoms with van der Waals surface area (Å²) in [5.74, 6) is 1.73. The van der Waals surface area contributed by atoms with E-state index in [1.807, 2.05) is 0 Å². The van der Waals surface area contributed by atoms with Crippen molar-refractivity contribution in [2.75, 3.05) is 20.2 Å². The van der Waals surface area contributed by atoms with Crippen LogP contribution in [0.5, 0.6) is 5.75 Å². The van der Waals surface area contributed by atoms with Crippen molar-refractivity contribution in [1.29, 1.82) is 0 Å². The number of ether oxygens (including phenoxy) is 1. The Kier molecular flexibility index (Phi) is 4.06. The minimum absolute atomic E-state index is 0.717. The van der Waals surface area contributed by atoms with Crippen LogP contribution in [0.3, 0.4) is 0 Å². The van der Waals surface area contributed by atoms with Crippen molar-refractivity contribution in [1.82, 2.24) is 5.32 Å². The van der Waals surface area contributed by atoms with Crippen molar-refractivity contribution in [3.63, 3.8) is 0 Å². The van der Waals surface area contributed by atoms with Gasteiger partial charge in [-0.25, -0.2) is 0 Å². The van der Waals surface area contributed by atoms with Gasteiger partial charge in [0.25, 0.3) is 0 Å². The number of hydrogen-bond acceptors (Lipinski definition) is 2. The second-order valence-corrected chi connectivity index (χ2v) is 4.98. The Morgan fingerprint density at radius 1 is 1.12 bits per heavy atom. The van der Waals surface area contributed by atoms with Crippen molar-refractivity contribution in [2.24, 2.45) is 0 Å². The summed E-state index contributed by atoms with van der Waals surface area (Å²) in [5, 5.41) is 3.48. The lowest BCUT2D eigenvalue weighted by molar-refractivity contribution is 0.410. The van der Waals surface area contributed by atoms with Gasteiger partial charge in [0.2, 0.25) is 0 Å². The van der Waals surface area contributed by atoms with Crippen molar-refractivity contribution in [2.45, 2.75) is 39.0 Å². The van der Waals surface area contributed by atoms with Gasteiger partial charge in [0.05, 0.1) is 7.11 Å². The van der Waals surface area contributed by atoms with Crippen LogP contribution < -0.4 is 10.1 Å². The number of benzene rings is 1. The van der Waals surface area contributed by atoms with Gasteiger partial charge < -0.3 is 10.1 Å². The second kappa shape index (κ2) is 5.54. The average molecular weight is 233 g/mol. The summed E-state index contributed by atoms with van der Waals surface area (Å²) in [6.45, 7) is 6.71. The van der Waals surface area contributed by atoms with Gasteiger partial charge in [-0.1, -0.05) is 6.07 Å². The molecule has 0 amide bonds. The van der Waals surface area contributed by atoms with E-state index < -0.39 is 0 Å². The second-order valence-electron chi connectivity index (χ2n) is 4.98. The predicted octanol–water partition coefficient (Wildman–Crippen LogP) is 3.17. The molecule has 1 aromatic carbocycles. The Morgan fingerprint density at radius 3 is 2.71 bits per heavy atom. The molecule has 1 N–H and O–H groups in total. The van der Waals surface area contributed by atoms with Gasteiger partial charge in [0, 0.05) is 0 Å². The van der Waals surface area contributed by atoms with Crippen molar-refractivity contribution < 1.29 is 4.74 Å². The van der Waals surface area contributed by atoms with Crippen LogP contribution in [0.4, 0.5) is 0 Å².